The van der Waals surface area contributed by atoms with Crippen LogP contribution in [0.15, 0.2) is 17.5 Å². The maximum absolute atomic E-state index is 13.2. The first-order chi connectivity index (χ1) is 17.5. The Morgan fingerprint density at radius 1 is 1.08 bits per heavy atom. The number of hydrogen-bond donors (Lipinski definition) is 9. The summed E-state index contributed by atoms with van der Waals surface area (Å²) in [5.41, 5.74) is 16.9. The first-order valence-corrected chi connectivity index (χ1v) is 12.9. The Hall–Kier alpha value is -3.37. The van der Waals surface area contributed by atoms with Gasteiger partial charge in [0, 0.05) is 24.9 Å². The number of carbonyl (C=O) groups excluding carboxylic acids is 3. The van der Waals surface area contributed by atoms with Crippen LogP contribution in [0.3, 0.4) is 0 Å². The molecule has 0 bridgehead atoms. The van der Waals surface area contributed by atoms with Crippen LogP contribution in [0.2, 0.25) is 0 Å². The molecule has 5 atom stereocenters. The van der Waals surface area contributed by atoms with Crippen LogP contribution >= 0.6 is 11.8 Å². The molecule has 0 fully saturated rings. The lowest BCUT2D eigenvalue weighted by Gasteiger charge is -2.25. The third-order valence-electron chi connectivity index (χ3n) is 5.24. The number of aromatic amines is 1. The second-order valence-electron chi connectivity index (χ2n) is 8.30. The summed E-state index contributed by atoms with van der Waals surface area (Å²) < 4.78 is 0. The fourth-order valence-electron chi connectivity index (χ4n) is 3.12. The van der Waals surface area contributed by atoms with E-state index >= 15 is 0 Å². The van der Waals surface area contributed by atoms with Gasteiger partial charge in [-0.2, -0.15) is 11.8 Å². The molecule has 0 saturated carbocycles. The lowest BCUT2D eigenvalue weighted by Crippen LogP contribution is -2.58. The number of rotatable bonds is 17. The number of aliphatic hydroxyl groups excluding tert-OH is 1. The van der Waals surface area contributed by atoms with Crippen molar-refractivity contribution in [2.24, 2.45) is 22.2 Å². The second kappa shape index (κ2) is 16.4. The first kappa shape index (κ1) is 31.7. The van der Waals surface area contributed by atoms with Crippen molar-refractivity contribution >= 4 is 41.4 Å². The summed E-state index contributed by atoms with van der Waals surface area (Å²) >= 11 is 1.43. The van der Waals surface area contributed by atoms with Gasteiger partial charge in [-0.1, -0.05) is 0 Å². The Morgan fingerprint density at radius 3 is 2.24 bits per heavy atom. The van der Waals surface area contributed by atoms with Crippen molar-refractivity contribution in [2.45, 2.75) is 62.9 Å². The molecule has 1 aromatic rings. The maximum atomic E-state index is 13.2. The van der Waals surface area contributed by atoms with Crippen molar-refractivity contribution in [1.82, 2.24) is 25.9 Å². The Labute approximate surface area is 218 Å². The third kappa shape index (κ3) is 11.9. The molecule has 0 saturated heterocycles. The van der Waals surface area contributed by atoms with Gasteiger partial charge in [0.2, 0.25) is 17.7 Å². The van der Waals surface area contributed by atoms with E-state index in [0.717, 1.165) is 0 Å². The van der Waals surface area contributed by atoms with Crippen LogP contribution in [0.1, 0.15) is 31.9 Å². The molecule has 15 nitrogen and oxygen atoms in total. The van der Waals surface area contributed by atoms with Crippen molar-refractivity contribution in [3.05, 3.63) is 18.2 Å². The fourth-order valence-corrected chi connectivity index (χ4v) is 3.59. The number of nitrogens with zero attached hydrogens (tertiary/aromatic N) is 2. The lowest BCUT2D eigenvalue weighted by molar-refractivity contribution is -0.142. The average molecular weight is 544 g/mol. The molecule has 0 radical (unpaired) electrons. The minimum Gasteiger partial charge on any atom is -0.480 e. The first-order valence-electron chi connectivity index (χ1n) is 11.5. The van der Waals surface area contributed by atoms with Gasteiger partial charge in [-0.25, -0.2) is 9.78 Å². The summed E-state index contributed by atoms with van der Waals surface area (Å²) in [6.45, 7) is 1.51. The Morgan fingerprint density at radius 2 is 1.70 bits per heavy atom. The third-order valence-corrected chi connectivity index (χ3v) is 5.88. The van der Waals surface area contributed by atoms with E-state index in [4.69, 9.17) is 17.2 Å². The number of aromatic nitrogens is 2. The number of amides is 3. The van der Waals surface area contributed by atoms with E-state index in [1.807, 2.05) is 6.26 Å². The predicted molar refractivity (Wildman–Crippen MR) is 138 cm³/mol. The number of thioether (sulfide) groups is 1. The van der Waals surface area contributed by atoms with E-state index in [9.17, 15) is 29.4 Å². The van der Waals surface area contributed by atoms with Crippen molar-refractivity contribution < 1.29 is 29.4 Å². The van der Waals surface area contributed by atoms with Crippen LogP contribution in [-0.2, 0) is 25.6 Å². The Balaban J connectivity index is 3.08. The number of aliphatic imine (C=N–C) groups is 1. The van der Waals surface area contributed by atoms with Crippen LogP contribution < -0.4 is 33.2 Å². The van der Waals surface area contributed by atoms with E-state index in [1.165, 1.54) is 31.2 Å². The van der Waals surface area contributed by atoms with E-state index in [0.29, 0.717) is 17.9 Å². The summed E-state index contributed by atoms with van der Waals surface area (Å²) in [6.07, 6.45) is 4.05. The smallest absolute Gasteiger partial charge is 0.326 e. The number of H-pyrrole nitrogens is 1. The van der Waals surface area contributed by atoms with Crippen LogP contribution in [0.25, 0.3) is 0 Å². The minimum atomic E-state index is -1.29. The number of guanidine groups is 1. The number of hydrogen-bond acceptors (Lipinski definition) is 9. The van der Waals surface area contributed by atoms with Crippen LogP contribution in [0.5, 0.6) is 0 Å². The van der Waals surface area contributed by atoms with Crippen molar-refractivity contribution in [2.75, 3.05) is 18.6 Å². The molecule has 0 aliphatic heterocycles. The van der Waals surface area contributed by atoms with Crippen LogP contribution in [0, 0.1) is 0 Å². The molecule has 37 heavy (non-hydrogen) atoms. The SMILES string of the molecule is CSCCC(NC(=O)C(CCCN=C(N)N)NC(=O)C(Cc1cnc[nH]1)NC(=O)C(N)C(C)O)C(=O)O. The van der Waals surface area contributed by atoms with Crippen LogP contribution in [-0.4, -0.2) is 98.7 Å². The molecule has 0 aromatic carbocycles. The fraction of sp³-hybridized carbons (Fsp3) is 0.619. The standard InChI is InChI=1S/C21H37N9O6S/c1-11(31)16(22)19(34)30-15(8-12-9-25-10-27-12)18(33)28-13(4-3-6-26-21(23)24)17(32)29-14(20(35)36)5-7-37-2/h9-11,13-16,31H,3-8,22H2,1-2H3,(H,25,27)(H,28,33)(H,29,32)(H,30,34)(H,35,36)(H4,23,24,26). The van der Waals surface area contributed by atoms with Gasteiger partial charge in [0.15, 0.2) is 5.96 Å². The number of imidazole rings is 1. The van der Waals surface area contributed by atoms with E-state index in [1.54, 1.807) is 0 Å². The highest BCUT2D eigenvalue weighted by molar-refractivity contribution is 7.98. The summed E-state index contributed by atoms with van der Waals surface area (Å²) in [7, 11) is 0. The Bertz CT molecular complexity index is 908. The summed E-state index contributed by atoms with van der Waals surface area (Å²) in [4.78, 5) is 60.8. The lowest BCUT2D eigenvalue weighted by atomic mass is 10.1. The van der Waals surface area contributed by atoms with Gasteiger partial charge in [0.05, 0.1) is 12.4 Å². The molecule has 1 aromatic heterocycles. The molecule has 5 unspecified atom stereocenters. The van der Waals surface area contributed by atoms with Crippen molar-refractivity contribution in [3.8, 4) is 0 Å². The Kier molecular flexibility index (Phi) is 14.0. The number of carboxylic acids is 1. The highest BCUT2D eigenvalue weighted by Crippen LogP contribution is 2.06. The highest BCUT2D eigenvalue weighted by atomic mass is 32.2. The number of nitrogens with one attached hydrogen (secondary N) is 4. The molecule has 3 amide bonds. The topological polar surface area (TPSA) is 264 Å². The van der Waals surface area contributed by atoms with Gasteiger partial charge >= 0.3 is 5.97 Å². The largest absolute Gasteiger partial charge is 0.480 e. The molecule has 208 valence electrons. The molecule has 12 N–H and O–H groups in total. The summed E-state index contributed by atoms with van der Waals surface area (Å²) in [5, 5.41) is 26.6. The summed E-state index contributed by atoms with van der Waals surface area (Å²) in [5.74, 6) is -3.04. The van der Waals surface area contributed by atoms with E-state index in [-0.39, 0.29) is 31.8 Å². The minimum absolute atomic E-state index is 0.0160. The van der Waals surface area contributed by atoms with Crippen molar-refractivity contribution in [1.29, 1.82) is 0 Å². The number of aliphatic hydroxyl groups is 1. The molecule has 1 heterocycles. The molecule has 1 rings (SSSR count). The molecule has 0 aliphatic rings. The average Bonchev–Trinajstić information content (AvgIpc) is 3.35. The quantitative estimate of drug-likeness (QED) is 0.0543. The number of carboxylic acid groups (broad SMARTS) is 1. The van der Waals surface area contributed by atoms with Gasteiger partial charge in [-0.3, -0.25) is 19.4 Å². The van der Waals surface area contributed by atoms with Gasteiger partial charge in [0.1, 0.15) is 24.2 Å². The molecular weight excluding hydrogens is 506 g/mol. The number of carbonyl (C=O) groups is 4. The van der Waals surface area contributed by atoms with Crippen molar-refractivity contribution in [3.63, 3.8) is 0 Å². The summed E-state index contributed by atoms with van der Waals surface area (Å²) in [6, 6.07) is -4.77. The van der Waals surface area contributed by atoms with Gasteiger partial charge in [-0.05, 0) is 38.2 Å². The maximum Gasteiger partial charge on any atom is 0.326 e. The van der Waals surface area contributed by atoms with Gasteiger partial charge in [0.25, 0.3) is 0 Å². The van der Waals surface area contributed by atoms with Gasteiger partial charge < -0.3 is 48.3 Å². The molecule has 0 spiro atoms. The zero-order chi connectivity index (χ0) is 28.0. The van der Waals surface area contributed by atoms with E-state index in [2.05, 4.69) is 30.9 Å². The molecule has 16 heteroatoms. The molecule has 0 aliphatic carbocycles. The normalized spacial score (nSPS) is 14.9. The van der Waals surface area contributed by atoms with Crippen LogP contribution in [0.4, 0.5) is 0 Å². The van der Waals surface area contributed by atoms with Gasteiger partial charge in [-0.15, -0.1) is 0 Å². The number of aliphatic carboxylic acids is 1. The zero-order valence-electron chi connectivity index (χ0n) is 20.8. The number of nitrogens with two attached hydrogens (primary N) is 3. The van der Waals surface area contributed by atoms with E-state index < -0.39 is 54.0 Å². The highest BCUT2D eigenvalue weighted by Gasteiger charge is 2.31. The second-order valence-corrected chi connectivity index (χ2v) is 9.29. The molecular formula is C21H37N9O6S. The monoisotopic (exact) mass is 543 g/mol. The predicted octanol–water partition coefficient (Wildman–Crippen LogP) is -2.99. The zero-order valence-corrected chi connectivity index (χ0v) is 21.7.